The highest BCUT2D eigenvalue weighted by atomic mass is 35.5. The molecular formula is C14H15ClF2O4. The minimum Gasteiger partial charge on any atom is -0.486 e. The van der Waals surface area contributed by atoms with Gasteiger partial charge in [0.1, 0.15) is 13.2 Å². The molecule has 21 heavy (non-hydrogen) atoms. The highest BCUT2D eigenvalue weighted by molar-refractivity contribution is 6.31. The second-order valence-corrected chi connectivity index (χ2v) is 5.95. The first-order valence-electron chi connectivity index (χ1n) is 6.34. The minimum atomic E-state index is -3.39. The third-order valence-corrected chi connectivity index (χ3v) is 3.58. The number of alkyl halides is 2. The summed E-state index contributed by atoms with van der Waals surface area (Å²) >= 11 is 5.89. The first-order chi connectivity index (χ1) is 9.63. The van der Waals surface area contributed by atoms with Crippen molar-refractivity contribution in [2.75, 3.05) is 13.2 Å². The predicted molar refractivity (Wildman–Crippen MR) is 72.4 cm³/mol. The Morgan fingerprint density at radius 2 is 1.81 bits per heavy atom. The number of carbonyl (C=O) groups is 1. The van der Waals surface area contributed by atoms with E-state index in [4.69, 9.17) is 26.2 Å². The average molecular weight is 321 g/mol. The van der Waals surface area contributed by atoms with E-state index in [2.05, 4.69) is 0 Å². The lowest BCUT2D eigenvalue weighted by Gasteiger charge is -2.28. The minimum absolute atomic E-state index is 0.176. The van der Waals surface area contributed by atoms with Crippen molar-refractivity contribution in [3.63, 3.8) is 0 Å². The molecule has 0 spiro atoms. The number of hydrogen-bond acceptors (Lipinski definition) is 3. The van der Waals surface area contributed by atoms with Crippen LogP contribution in [0.3, 0.4) is 0 Å². The van der Waals surface area contributed by atoms with Crippen LogP contribution in [-0.2, 0) is 10.7 Å². The summed E-state index contributed by atoms with van der Waals surface area (Å²) in [6, 6.07) is 2.39. The Bertz CT molecular complexity index is 572. The van der Waals surface area contributed by atoms with E-state index in [0.29, 0.717) is 12.4 Å². The molecule has 1 aliphatic rings. The number of fused-ring (bicyclic) bond motifs is 1. The lowest BCUT2D eigenvalue weighted by atomic mass is 9.84. The van der Waals surface area contributed by atoms with Crippen LogP contribution in [0.4, 0.5) is 8.78 Å². The van der Waals surface area contributed by atoms with Crippen molar-refractivity contribution in [3.8, 4) is 11.5 Å². The number of carboxylic acid groups (broad SMARTS) is 1. The number of ether oxygens (including phenoxy) is 2. The van der Waals surface area contributed by atoms with Gasteiger partial charge >= 0.3 is 5.97 Å². The van der Waals surface area contributed by atoms with Gasteiger partial charge < -0.3 is 14.6 Å². The van der Waals surface area contributed by atoms with Crippen LogP contribution >= 0.6 is 11.6 Å². The maximum Gasteiger partial charge on any atom is 0.309 e. The molecule has 7 heteroatoms. The molecule has 0 unspecified atom stereocenters. The molecule has 1 heterocycles. The van der Waals surface area contributed by atoms with E-state index in [1.54, 1.807) is 0 Å². The molecule has 1 aromatic carbocycles. The van der Waals surface area contributed by atoms with Crippen molar-refractivity contribution in [1.82, 2.24) is 0 Å². The fraction of sp³-hybridized carbons (Fsp3) is 0.500. The van der Waals surface area contributed by atoms with Gasteiger partial charge in [-0.25, -0.2) is 8.78 Å². The van der Waals surface area contributed by atoms with Crippen molar-refractivity contribution < 1.29 is 28.2 Å². The van der Waals surface area contributed by atoms with Gasteiger partial charge in [-0.15, -0.1) is 0 Å². The third-order valence-electron chi connectivity index (χ3n) is 3.27. The maximum absolute atomic E-state index is 14.4. The number of carboxylic acids is 1. The van der Waals surface area contributed by atoms with Gasteiger partial charge in [0.2, 0.25) is 0 Å². The number of rotatable bonds is 4. The van der Waals surface area contributed by atoms with Gasteiger partial charge in [-0.05, 0) is 19.9 Å². The molecule has 4 nitrogen and oxygen atoms in total. The smallest absolute Gasteiger partial charge is 0.309 e. The molecule has 0 amide bonds. The van der Waals surface area contributed by atoms with E-state index < -0.39 is 29.3 Å². The quantitative estimate of drug-likeness (QED) is 0.919. The first kappa shape index (κ1) is 15.8. The zero-order valence-electron chi connectivity index (χ0n) is 11.6. The second kappa shape index (κ2) is 5.33. The zero-order chi connectivity index (χ0) is 15.8. The van der Waals surface area contributed by atoms with Crippen molar-refractivity contribution in [2.24, 2.45) is 5.41 Å². The van der Waals surface area contributed by atoms with Crippen LogP contribution in [0.2, 0.25) is 5.02 Å². The largest absolute Gasteiger partial charge is 0.486 e. The summed E-state index contributed by atoms with van der Waals surface area (Å²) in [5.74, 6) is -4.19. The van der Waals surface area contributed by atoms with Crippen LogP contribution in [-0.4, -0.2) is 24.3 Å². The second-order valence-electron chi connectivity index (χ2n) is 5.55. The van der Waals surface area contributed by atoms with Crippen LogP contribution in [0.15, 0.2) is 12.1 Å². The summed E-state index contributed by atoms with van der Waals surface area (Å²) in [4.78, 5) is 11.0. The molecule has 1 aliphatic heterocycles. The van der Waals surface area contributed by atoms with Gasteiger partial charge in [0.25, 0.3) is 5.92 Å². The summed E-state index contributed by atoms with van der Waals surface area (Å²) in [7, 11) is 0. The van der Waals surface area contributed by atoms with Crippen molar-refractivity contribution in [1.29, 1.82) is 0 Å². The summed E-state index contributed by atoms with van der Waals surface area (Å²) in [6.45, 7) is 3.08. The van der Waals surface area contributed by atoms with E-state index in [9.17, 15) is 13.6 Å². The van der Waals surface area contributed by atoms with Crippen LogP contribution in [0.5, 0.6) is 11.5 Å². The van der Waals surface area contributed by atoms with Gasteiger partial charge in [-0.1, -0.05) is 11.6 Å². The van der Waals surface area contributed by atoms with Crippen LogP contribution in [0.1, 0.15) is 25.8 Å². The van der Waals surface area contributed by atoms with Crippen LogP contribution < -0.4 is 9.47 Å². The van der Waals surface area contributed by atoms with Crippen molar-refractivity contribution >= 4 is 17.6 Å². The molecule has 2 rings (SSSR count). The van der Waals surface area contributed by atoms with Crippen molar-refractivity contribution in [3.05, 3.63) is 22.7 Å². The number of halogens is 3. The molecule has 0 fully saturated rings. The van der Waals surface area contributed by atoms with E-state index >= 15 is 0 Å². The predicted octanol–water partition coefficient (Wildman–Crippen LogP) is 3.70. The lowest BCUT2D eigenvalue weighted by molar-refractivity contribution is -0.153. The molecule has 0 aromatic heterocycles. The normalized spacial score (nSPS) is 14.9. The first-order valence-corrected chi connectivity index (χ1v) is 6.72. The molecule has 0 saturated carbocycles. The molecular weight excluding hydrogens is 306 g/mol. The summed E-state index contributed by atoms with van der Waals surface area (Å²) in [5, 5.41) is 8.83. The maximum atomic E-state index is 14.4. The molecule has 0 saturated heterocycles. The highest BCUT2D eigenvalue weighted by Gasteiger charge is 2.44. The Hall–Kier alpha value is -1.56. The van der Waals surface area contributed by atoms with Crippen LogP contribution in [0.25, 0.3) is 0 Å². The van der Waals surface area contributed by atoms with Gasteiger partial charge in [-0.2, -0.15) is 0 Å². The topological polar surface area (TPSA) is 55.8 Å². The highest BCUT2D eigenvalue weighted by Crippen LogP contribution is 2.46. The Morgan fingerprint density at radius 3 is 2.33 bits per heavy atom. The van der Waals surface area contributed by atoms with Gasteiger partial charge in [0.05, 0.1) is 10.4 Å². The standard InChI is InChI=1S/C14H15ClF2O4/c1-13(2,12(18)19)7-14(16,17)8-5-10-11(6-9(8)15)21-4-3-20-10/h5-6H,3-4,7H2,1-2H3,(H,18,19). The molecule has 1 N–H and O–H groups in total. The SMILES string of the molecule is CC(C)(CC(F)(F)c1cc2c(cc1Cl)OCCO2)C(=O)O. The Morgan fingerprint density at radius 1 is 1.29 bits per heavy atom. The van der Waals surface area contributed by atoms with E-state index in [0.717, 1.165) is 6.07 Å². The third kappa shape index (κ3) is 3.20. The average Bonchev–Trinajstić information content (AvgIpc) is 2.36. The molecule has 0 aliphatic carbocycles. The number of benzene rings is 1. The summed E-state index contributed by atoms with van der Waals surface area (Å²) in [5.41, 5.74) is -2.04. The van der Waals surface area contributed by atoms with Gasteiger partial charge in [0, 0.05) is 18.1 Å². The Balaban J connectivity index is 2.38. The van der Waals surface area contributed by atoms with Crippen LogP contribution in [0, 0.1) is 5.41 Å². The van der Waals surface area contributed by atoms with E-state index in [1.165, 1.54) is 19.9 Å². The Labute approximate surface area is 125 Å². The molecule has 0 radical (unpaired) electrons. The molecule has 1 aromatic rings. The van der Waals surface area contributed by atoms with E-state index in [1.807, 2.05) is 0 Å². The lowest BCUT2D eigenvalue weighted by Crippen LogP contribution is -2.31. The monoisotopic (exact) mass is 320 g/mol. The Kier molecular flexibility index (Phi) is 4.02. The number of hydrogen-bond donors (Lipinski definition) is 1. The zero-order valence-corrected chi connectivity index (χ0v) is 12.3. The molecule has 0 atom stereocenters. The van der Waals surface area contributed by atoms with Gasteiger partial charge in [-0.3, -0.25) is 4.79 Å². The van der Waals surface area contributed by atoms with Gasteiger partial charge in [0.15, 0.2) is 11.5 Å². The summed E-state index contributed by atoms with van der Waals surface area (Å²) in [6.07, 6.45) is -0.866. The molecule has 0 bridgehead atoms. The fourth-order valence-electron chi connectivity index (χ4n) is 2.07. The fourth-order valence-corrected chi connectivity index (χ4v) is 2.36. The van der Waals surface area contributed by atoms with Crippen molar-refractivity contribution in [2.45, 2.75) is 26.2 Å². The molecule has 116 valence electrons. The van der Waals surface area contributed by atoms with E-state index in [-0.39, 0.29) is 17.4 Å². The summed E-state index contributed by atoms with van der Waals surface area (Å²) < 4.78 is 39.3. The number of aliphatic carboxylic acids is 1.